The number of nitrogens with zero attached hydrogens (tertiary/aromatic N) is 3. The van der Waals surface area contributed by atoms with Crippen LogP contribution in [-0.2, 0) is 21.2 Å². The number of fused-ring (bicyclic) bond motifs is 1. The van der Waals surface area contributed by atoms with E-state index in [-0.39, 0.29) is 16.7 Å². The molecule has 9 heteroatoms. The first-order valence-electron chi connectivity index (χ1n) is 10.1. The third-order valence-corrected chi connectivity index (χ3v) is 6.57. The van der Waals surface area contributed by atoms with Crippen molar-refractivity contribution in [2.45, 2.75) is 43.0 Å². The molecule has 1 amide bonds. The Balaban J connectivity index is 1.36. The van der Waals surface area contributed by atoms with Crippen LogP contribution in [0.15, 0.2) is 41.7 Å². The average molecular weight is 426 g/mol. The fourth-order valence-electron chi connectivity index (χ4n) is 3.51. The maximum absolute atomic E-state index is 12.3. The fourth-order valence-corrected chi connectivity index (χ4v) is 4.34. The number of hydrogen-bond donors (Lipinski definition) is 2. The van der Waals surface area contributed by atoms with E-state index < -0.39 is 9.84 Å². The molecule has 0 unspecified atom stereocenters. The zero-order valence-electron chi connectivity index (χ0n) is 16.6. The van der Waals surface area contributed by atoms with Crippen LogP contribution >= 0.6 is 0 Å². The van der Waals surface area contributed by atoms with E-state index in [1.165, 1.54) is 6.26 Å². The molecule has 2 aliphatic carbocycles. The van der Waals surface area contributed by atoms with Crippen molar-refractivity contribution in [1.82, 2.24) is 14.4 Å². The number of aromatic nitrogens is 3. The molecule has 2 saturated carbocycles. The Morgan fingerprint density at radius 1 is 1.20 bits per heavy atom. The number of imidazole rings is 1. The van der Waals surface area contributed by atoms with Gasteiger partial charge in [-0.15, -0.1) is 0 Å². The molecule has 2 aliphatic rings. The van der Waals surface area contributed by atoms with Crippen LogP contribution in [0.2, 0.25) is 0 Å². The quantitative estimate of drug-likeness (QED) is 0.603. The Labute approximate surface area is 174 Å². The second kappa shape index (κ2) is 7.09. The van der Waals surface area contributed by atoms with Gasteiger partial charge < -0.3 is 15.0 Å². The first-order chi connectivity index (χ1) is 14.4. The molecule has 3 aromatic rings. The summed E-state index contributed by atoms with van der Waals surface area (Å²) < 4.78 is 26.4. The van der Waals surface area contributed by atoms with Crippen LogP contribution in [-0.4, -0.2) is 34.9 Å². The van der Waals surface area contributed by atoms with Crippen LogP contribution in [0.5, 0.6) is 0 Å². The van der Waals surface area contributed by atoms with E-state index in [0.717, 1.165) is 42.6 Å². The number of hydrogen-bond acceptors (Lipinski definition) is 6. The highest BCUT2D eigenvalue weighted by Crippen LogP contribution is 2.41. The second-order valence-electron chi connectivity index (χ2n) is 8.19. The lowest BCUT2D eigenvalue weighted by Gasteiger charge is -2.07. The van der Waals surface area contributed by atoms with Gasteiger partial charge in [0.2, 0.25) is 5.91 Å². The minimum atomic E-state index is -3.38. The van der Waals surface area contributed by atoms with Crippen molar-refractivity contribution in [1.29, 1.82) is 0 Å². The normalized spacial score (nSPS) is 16.6. The molecular weight excluding hydrogens is 402 g/mol. The van der Waals surface area contributed by atoms with Crippen molar-refractivity contribution in [2.24, 2.45) is 5.92 Å². The van der Waals surface area contributed by atoms with Crippen molar-refractivity contribution in [3.05, 3.63) is 48.0 Å². The molecule has 0 spiro atoms. The first kappa shape index (κ1) is 19.0. The van der Waals surface area contributed by atoms with Gasteiger partial charge in [-0.25, -0.2) is 18.4 Å². The smallest absolute Gasteiger partial charge is 0.228 e. The molecule has 2 fully saturated rings. The summed E-state index contributed by atoms with van der Waals surface area (Å²) in [6, 6.07) is 5.36. The summed E-state index contributed by atoms with van der Waals surface area (Å²) >= 11 is 0. The number of rotatable bonds is 7. The predicted molar refractivity (Wildman–Crippen MR) is 113 cm³/mol. The molecule has 2 N–H and O–H groups in total. The summed E-state index contributed by atoms with van der Waals surface area (Å²) in [6.07, 6.45) is 10.8. The van der Waals surface area contributed by atoms with Crippen molar-refractivity contribution in [3.63, 3.8) is 0 Å². The van der Waals surface area contributed by atoms with Gasteiger partial charge in [0.15, 0.2) is 15.5 Å². The molecular formula is C21H23N5O3S. The largest absolute Gasteiger partial charge is 0.379 e. The Kier molecular flexibility index (Phi) is 4.50. The second-order valence-corrected chi connectivity index (χ2v) is 10.2. The summed E-state index contributed by atoms with van der Waals surface area (Å²) in [5.74, 6) is 1.09. The Hall–Kier alpha value is -2.94. The molecule has 0 bridgehead atoms. The van der Waals surface area contributed by atoms with Crippen LogP contribution < -0.4 is 10.6 Å². The molecule has 0 aliphatic heterocycles. The minimum absolute atomic E-state index is 0.0137. The summed E-state index contributed by atoms with van der Waals surface area (Å²) in [7, 11) is -3.38. The van der Waals surface area contributed by atoms with Gasteiger partial charge >= 0.3 is 0 Å². The van der Waals surface area contributed by atoms with E-state index in [9.17, 15) is 13.2 Å². The zero-order chi connectivity index (χ0) is 20.9. The third-order valence-electron chi connectivity index (χ3n) is 5.47. The maximum Gasteiger partial charge on any atom is 0.228 e. The van der Waals surface area contributed by atoms with E-state index in [1.807, 2.05) is 22.9 Å². The topological polar surface area (TPSA) is 105 Å². The molecule has 3 aromatic heterocycles. The van der Waals surface area contributed by atoms with Gasteiger partial charge in [0, 0.05) is 42.5 Å². The highest BCUT2D eigenvalue weighted by molar-refractivity contribution is 7.91. The lowest BCUT2D eigenvalue weighted by atomic mass is 10.2. The molecule has 0 radical (unpaired) electrons. The Bertz CT molecular complexity index is 1240. The summed E-state index contributed by atoms with van der Waals surface area (Å²) in [4.78, 5) is 20.9. The van der Waals surface area contributed by atoms with Crippen LogP contribution in [0.4, 0.5) is 11.5 Å². The van der Waals surface area contributed by atoms with Crippen LogP contribution in [0.3, 0.4) is 0 Å². The van der Waals surface area contributed by atoms with E-state index >= 15 is 0 Å². The number of amides is 1. The maximum atomic E-state index is 12.3. The van der Waals surface area contributed by atoms with E-state index in [0.29, 0.717) is 23.9 Å². The van der Waals surface area contributed by atoms with Gasteiger partial charge in [-0.05, 0) is 49.3 Å². The molecule has 0 saturated heterocycles. The van der Waals surface area contributed by atoms with E-state index in [4.69, 9.17) is 0 Å². The van der Waals surface area contributed by atoms with Crippen LogP contribution in [0.1, 0.15) is 42.9 Å². The fraction of sp³-hybridized carbons (Fsp3) is 0.381. The molecule has 3 heterocycles. The van der Waals surface area contributed by atoms with Crippen molar-refractivity contribution >= 4 is 32.9 Å². The van der Waals surface area contributed by atoms with Crippen LogP contribution in [0, 0.1) is 5.92 Å². The zero-order valence-corrected chi connectivity index (χ0v) is 17.4. The SMILES string of the molecule is CS(=O)(=O)c1cc(C2CC2)cn2cc(CNc3ccnc(NC(=O)C4CC4)c3)nc12. The molecule has 0 aromatic carbocycles. The van der Waals surface area contributed by atoms with Gasteiger partial charge in [-0.2, -0.15) is 0 Å². The summed E-state index contributed by atoms with van der Waals surface area (Å²) in [5.41, 5.74) is 3.03. The van der Waals surface area contributed by atoms with Gasteiger partial charge in [-0.1, -0.05) is 0 Å². The first-order valence-corrected chi connectivity index (χ1v) is 12.0. The van der Waals surface area contributed by atoms with Crippen LogP contribution in [0.25, 0.3) is 5.65 Å². The predicted octanol–water partition coefficient (Wildman–Crippen LogP) is 2.97. The monoisotopic (exact) mass is 425 g/mol. The van der Waals surface area contributed by atoms with Gasteiger partial charge in [0.05, 0.1) is 12.2 Å². The molecule has 5 rings (SSSR count). The Morgan fingerprint density at radius 2 is 2.00 bits per heavy atom. The lowest BCUT2D eigenvalue weighted by Crippen LogP contribution is -2.14. The Morgan fingerprint density at radius 3 is 2.70 bits per heavy atom. The van der Waals surface area contributed by atoms with Gasteiger partial charge in [0.25, 0.3) is 0 Å². The van der Waals surface area contributed by atoms with E-state index in [2.05, 4.69) is 20.6 Å². The highest BCUT2D eigenvalue weighted by atomic mass is 32.2. The standard InChI is InChI=1S/C21H23N5O3S/c1-30(28,29)18-8-15(13-2-3-13)11-26-12-17(24-20(18)26)10-23-16-6-7-22-19(9-16)25-21(27)14-4-5-14/h6-9,11-14H,2-5,10H2,1H3,(H2,22,23,25,27). The number of anilines is 2. The lowest BCUT2D eigenvalue weighted by molar-refractivity contribution is -0.117. The van der Waals surface area contributed by atoms with Gasteiger partial charge in [0.1, 0.15) is 10.7 Å². The van der Waals surface area contributed by atoms with Crippen molar-refractivity contribution < 1.29 is 13.2 Å². The third kappa shape index (κ3) is 4.02. The number of nitrogens with one attached hydrogen (secondary N) is 2. The minimum Gasteiger partial charge on any atom is -0.379 e. The summed E-state index contributed by atoms with van der Waals surface area (Å²) in [6.45, 7) is 0.420. The van der Waals surface area contributed by atoms with Crippen molar-refractivity contribution in [2.75, 3.05) is 16.9 Å². The number of pyridine rings is 2. The molecule has 156 valence electrons. The number of carbonyl (C=O) groups excluding carboxylic acids is 1. The number of carbonyl (C=O) groups is 1. The average Bonchev–Trinajstić information content (AvgIpc) is 3.60. The molecule has 0 atom stereocenters. The molecule has 30 heavy (non-hydrogen) atoms. The summed E-state index contributed by atoms with van der Waals surface area (Å²) in [5, 5.41) is 6.11. The molecule has 8 nitrogen and oxygen atoms in total. The van der Waals surface area contributed by atoms with E-state index in [1.54, 1.807) is 18.3 Å². The number of sulfone groups is 1. The van der Waals surface area contributed by atoms with Gasteiger partial charge in [-0.3, -0.25) is 4.79 Å². The van der Waals surface area contributed by atoms with Crippen molar-refractivity contribution in [3.8, 4) is 0 Å². The highest BCUT2D eigenvalue weighted by Gasteiger charge is 2.30.